The van der Waals surface area contributed by atoms with Crippen LogP contribution in [0, 0.1) is 0 Å². The summed E-state index contributed by atoms with van der Waals surface area (Å²) in [5.74, 6) is -1.54. The molecule has 1 aliphatic rings. The van der Waals surface area contributed by atoms with Crippen molar-refractivity contribution in [2.75, 3.05) is 11.9 Å². The van der Waals surface area contributed by atoms with Gasteiger partial charge in [0.25, 0.3) is 0 Å². The van der Waals surface area contributed by atoms with E-state index in [2.05, 4.69) is 10.6 Å². The van der Waals surface area contributed by atoms with Crippen LogP contribution in [-0.4, -0.2) is 29.7 Å². The predicted molar refractivity (Wildman–Crippen MR) is 150 cm³/mol. The van der Waals surface area contributed by atoms with Crippen molar-refractivity contribution in [2.24, 2.45) is 0 Å². The summed E-state index contributed by atoms with van der Waals surface area (Å²) >= 11 is 0. The largest absolute Gasteiger partial charge is 0.477 e. The molecule has 194 valence electrons. The van der Waals surface area contributed by atoms with Crippen LogP contribution in [0.25, 0.3) is 28.3 Å². The van der Waals surface area contributed by atoms with Crippen LogP contribution in [0.1, 0.15) is 29.5 Å². The first-order valence-electron chi connectivity index (χ1n) is 12.4. The number of alkyl carbamates (subject to hydrolysis) is 1. The Labute approximate surface area is 225 Å². The molecule has 7 heteroatoms. The fourth-order valence-corrected chi connectivity index (χ4v) is 4.78. The minimum Gasteiger partial charge on any atom is -0.477 e. The zero-order chi connectivity index (χ0) is 27.4. The topological polar surface area (TPSA) is 105 Å². The van der Waals surface area contributed by atoms with E-state index in [4.69, 9.17) is 4.74 Å². The molecule has 0 bridgehead atoms. The molecule has 39 heavy (non-hydrogen) atoms. The SMILES string of the molecule is CC(=O)Nc1ccc(-c2ccc(/C=C(/NC(=O)OCC3c4ccccc4-c4ccccc43)C(=O)O)cc2)cc1. The zero-order valence-electron chi connectivity index (χ0n) is 21.2. The van der Waals surface area contributed by atoms with Gasteiger partial charge in [-0.3, -0.25) is 10.1 Å². The average Bonchev–Trinajstić information content (AvgIpc) is 3.26. The van der Waals surface area contributed by atoms with Crippen molar-refractivity contribution >= 4 is 29.7 Å². The van der Waals surface area contributed by atoms with Crippen LogP contribution in [0.2, 0.25) is 0 Å². The third kappa shape index (κ3) is 5.72. The maximum atomic E-state index is 12.6. The van der Waals surface area contributed by atoms with Gasteiger partial charge in [0.15, 0.2) is 0 Å². The molecule has 0 aromatic heterocycles. The van der Waals surface area contributed by atoms with Gasteiger partial charge in [-0.2, -0.15) is 0 Å². The lowest BCUT2D eigenvalue weighted by Gasteiger charge is -2.14. The highest BCUT2D eigenvalue weighted by Gasteiger charge is 2.29. The normalized spacial score (nSPS) is 12.3. The smallest absolute Gasteiger partial charge is 0.411 e. The molecule has 0 fully saturated rings. The van der Waals surface area contributed by atoms with E-state index in [9.17, 15) is 19.5 Å². The van der Waals surface area contributed by atoms with E-state index in [1.54, 1.807) is 12.1 Å². The highest BCUT2D eigenvalue weighted by atomic mass is 16.5. The second-order valence-electron chi connectivity index (χ2n) is 9.19. The summed E-state index contributed by atoms with van der Waals surface area (Å²) in [6, 6.07) is 30.6. The van der Waals surface area contributed by atoms with E-state index in [-0.39, 0.29) is 24.1 Å². The number of ether oxygens (including phenoxy) is 1. The maximum absolute atomic E-state index is 12.6. The van der Waals surface area contributed by atoms with Crippen LogP contribution in [0.5, 0.6) is 0 Å². The van der Waals surface area contributed by atoms with Gasteiger partial charge >= 0.3 is 12.1 Å². The van der Waals surface area contributed by atoms with Crippen LogP contribution in [0.4, 0.5) is 10.5 Å². The van der Waals surface area contributed by atoms with E-state index in [0.29, 0.717) is 11.3 Å². The minimum atomic E-state index is -1.28. The third-order valence-electron chi connectivity index (χ3n) is 6.57. The Morgan fingerprint density at radius 2 is 1.33 bits per heavy atom. The molecule has 5 rings (SSSR count). The second kappa shape index (κ2) is 11.1. The van der Waals surface area contributed by atoms with Crippen molar-refractivity contribution in [1.82, 2.24) is 5.32 Å². The molecular formula is C32H26N2O5. The molecule has 0 spiro atoms. The van der Waals surface area contributed by atoms with Crippen molar-refractivity contribution in [2.45, 2.75) is 12.8 Å². The number of anilines is 1. The molecule has 0 saturated carbocycles. The van der Waals surface area contributed by atoms with E-state index in [0.717, 1.165) is 33.4 Å². The number of hydrogen-bond donors (Lipinski definition) is 3. The summed E-state index contributed by atoms with van der Waals surface area (Å²) in [5.41, 5.74) is 7.25. The average molecular weight is 519 g/mol. The van der Waals surface area contributed by atoms with Crippen molar-refractivity contribution in [3.63, 3.8) is 0 Å². The van der Waals surface area contributed by atoms with Crippen LogP contribution in [0.15, 0.2) is 103 Å². The number of fused-ring (bicyclic) bond motifs is 3. The summed E-state index contributed by atoms with van der Waals surface area (Å²) in [6.07, 6.45) is 0.550. The number of hydrogen-bond acceptors (Lipinski definition) is 4. The number of rotatable bonds is 7. The Balaban J connectivity index is 1.25. The standard InChI is InChI=1S/C32H26N2O5/c1-20(35)33-24-16-14-23(15-17-24)22-12-10-21(11-13-22)18-30(31(36)37)34-32(38)39-19-29-27-8-4-2-6-25(27)26-7-3-5-9-28(26)29/h2-18,29H,19H2,1H3,(H,33,35)(H,34,38)(H,36,37)/b30-18+. The number of benzene rings is 4. The van der Waals surface area contributed by atoms with E-state index in [1.807, 2.05) is 84.9 Å². The molecule has 0 aliphatic heterocycles. The lowest BCUT2D eigenvalue weighted by Crippen LogP contribution is -2.29. The summed E-state index contributed by atoms with van der Waals surface area (Å²) in [5, 5.41) is 14.8. The molecule has 4 aromatic carbocycles. The van der Waals surface area contributed by atoms with E-state index < -0.39 is 12.1 Å². The number of amides is 2. The Morgan fingerprint density at radius 3 is 1.87 bits per heavy atom. The Bertz CT molecular complexity index is 1530. The molecule has 4 aromatic rings. The maximum Gasteiger partial charge on any atom is 0.411 e. The molecular weight excluding hydrogens is 492 g/mol. The Kier molecular flexibility index (Phi) is 7.23. The molecule has 2 amide bonds. The number of aliphatic carboxylic acids is 1. The number of carbonyl (C=O) groups excluding carboxylic acids is 2. The molecule has 3 N–H and O–H groups in total. The number of carboxylic acids is 1. The molecule has 0 saturated heterocycles. The molecule has 0 radical (unpaired) electrons. The highest BCUT2D eigenvalue weighted by molar-refractivity contribution is 5.95. The Morgan fingerprint density at radius 1 is 0.795 bits per heavy atom. The van der Waals surface area contributed by atoms with Gasteiger partial charge in [-0.05, 0) is 57.2 Å². The van der Waals surface area contributed by atoms with Crippen LogP contribution in [0.3, 0.4) is 0 Å². The lowest BCUT2D eigenvalue weighted by molar-refractivity contribution is -0.133. The van der Waals surface area contributed by atoms with Gasteiger partial charge in [-0.1, -0.05) is 84.9 Å². The monoisotopic (exact) mass is 518 g/mol. The quantitative estimate of drug-likeness (QED) is 0.250. The number of carboxylic acid groups (broad SMARTS) is 1. The first-order chi connectivity index (χ1) is 18.9. The fourth-order valence-electron chi connectivity index (χ4n) is 4.78. The summed E-state index contributed by atoms with van der Waals surface area (Å²) in [7, 11) is 0. The van der Waals surface area contributed by atoms with Gasteiger partial charge in [0.05, 0.1) is 0 Å². The van der Waals surface area contributed by atoms with E-state index in [1.165, 1.54) is 13.0 Å². The first-order valence-corrected chi connectivity index (χ1v) is 12.4. The number of nitrogens with one attached hydrogen (secondary N) is 2. The van der Waals surface area contributed by atoms with E-state index >= 15 is 0 Å². The van der Waals surface area contributed by atoms with Crippen molar-refractivity contribution in [1.29, 1.82) is 0 Å². The molecule has 0 unspecified atom stereocenters. The molecule has 7 nitrogen and oxygen atoms in total. The molecule has 0 atom stereocenters. The summed E-state index contributed by atoms with van der Waals surface area (Å²) < 4.78 is 5.49. The predicted octanol–water partition coefficient (Wildman–Crippen LogP) is 6.28. The highest BCUT2D eigenvalue weighted by Crippen LogP contribution is 2.44. The number of carbonyl (C=O) groups is 3. The summed E-state index contributed by atoms with van der Waals surface area (Å²) in [4.78, 5) is 35.7. The molecule has 1 aliphatic carbocycles. The van der Waals surface area contributed by atoms with Crippen LogP contribution in [-0.2, 0) is 14.3 Å². The first kappa shape index (κ1) is 25.5. The second-order valence-corrected chi connectivity index (χ2v) is 9.19. The fraction of sp³-hybridized carbons (Fsp3) is 0.0938. The van der Waals surface area contributed by atoms with Crippen molar-refractivity contribution < 1.29 is 24.2 Å². The van der Waals surface area contributed by atoms with Gasteiger partial charge in [-0.25, -0.2) is 9.59 Å². The Hall–Kier alpha value is -5.17. The molecule has 0 heterocycles. The minimum absolute atomic E-state index is 0.0855. The van der Waals surface area contributed by atoms with Gasteiger partial charge in [-0.15, -0.1) is 0 Å². The van der Waals surface area contributed by atoms with Crippen molar-refractivity contribution in [3.8, 4) is 22.3 Å². The van der Waals surface area contributed by atoms with Crippen LogP contribution < -0.4 is 10.6 Å². The van der Waals surface area contributed by atoms with Crippen LogP contribution >= 0.6 is 0 Å². The van der Waals surface area contributed by atoms with Gasteiger partial charge in [0.2, 0.25) is 5.91 Å². The summed E-state index contributed by atoms with van der Waals surface area (Å²) in [6.45, 7) is 1.54. The van der Waals surface area contributed by atoms with Gasteiger partial charge in [0.1, 0.15) is 12.3 Å². The third-order valence-corrected chi connectivity index (χ3v) is 6.57. The zero-order valence-corrected chi connectivity index (χ0v) is 21.2. The lowest BCUT2D eigenvalue weighted by atomic mass is 9.98. The van der Waals surface area contributed by atoms with Gasteiger partial charge in [0, 0.05) is 18.5 Å². The van der Waals surface area contributed by atoms with Crippen molar-refractivity contribution in [3.05, 3.63) is 119 Å². The van der Waals surface area contributed by atoms with Gasteiger partial charge < -0.3 is 15.2 Å².